The number of halogens is 2. The molecule has 16 heavy (non-hydrogen) atoms. The molecule has 0 aliphatic heterocycles. The Bertz CT molecular complexity index is 319. The molecule has 0 amide bonds. The van der Waals surface area contributed by atoms with Gasteiger partial charge in [0.2, 0.25) is 0 Å². The molecule has 88 valence electrons. The Kier molecular flexibility index (Phi) is 4.51. The van der Waals surface area contributed by atoms with Gasteiger partial charge in [-0.15, -0.1) is 11.6 Å². The molecule has 0 atom stereocenters. The third kappa shape index (κ3) is 3.13. The summed E-state index contributed by atoms with van der Waals surface area (Å²) >= 11 is 11.7. The van der Waals surface area contributed by atoms with Crippen molar-refractivity contribution in [1.29, 1.82) is 0 Å². The van der Waals surface area contributed by atoms with Crippen LogP contribution in [0.25, 0.3) is 0 Å². The van der Waals surface area contributed by atoms with E-state index >= 15 is 0 Å². The monoisotopic (exact) mass is 257 g/mol. The van der Waals surface area contributed by atoms with E-state index < -0.39 is 0 Å². The van der Waals surface area contributed by atoms with E-state index in [1.165, 1.54) is 24.8 Å². The van der Waals surface area contributed by atoms with Crippen molar-refractivity contribution in [2.45, 2.75) is 31.8 Å². The zero-order chi connectivity index (χ0) is 11.4. The number of hydrogen-bond acceptors (Lipinski definition) is 1. The Morgan fingerprint density at radius 1 is 1.19 bits per heavy atom. The average Bonchev–Trinajstić information content (AvgIpc) is 2.19. The smallest absolute Gasteiger partial charge is 0.0406 e. The molecule has 2 rings (SSSR count). The molecule has 0 aromatic heterocycles. The van der Waals surface area contributed by atoms with Gasteiger partial charge in [-0.05, 0) is 30.5 Å². The maximum atomic E-state index is 5.88. The van der Waals surface area contributed by atoms with E-state index in [4.69, 9.17) is 23.2 Å². The first kappa shape index (κ1) is 12.2. The summed E-state index contributed by atoms with van der Waals surface area (Å²) in [5, 5.41) is 0.802. The van der Waals surface area contributed by atoms with Crippen LogP contribution in [0.5, 0.6) is 0 Å². The first-order valence-electron chi connectivity index (χ1n) is 5.84. The lowest BCUT2D eigenvalue weighted by Gasteiger charge is -2.37. The topological polar surface area (TPSA) is 3.24 Å². The van der Waals surface area contributed by atoms with Gasteiger partial charge in [-0.25, -0.2) is 0 Å². The molecule has 1 aromatic rings. The van der Waals surface area contributed by atoms with Gasteiger partial charge in [-0.1, -0.05) is 30.2 Å². The van der Waals surface area contributed by atoms with E-state index in [2.05, 4.69) is 17.0 Å². The Balaban J connectivity index is 1.96. The van der Waals surface area contributed by atoms with Gasteiger partial charge < -0.3 is 0 Å². The van der Waals surface area contributed by atoms with Crippen LogP contribution in [-0.2, 0) is 6.54 Å². The van der Waals surface area contributed by atoms with E-state index in [-0.39, 0.29) is 0 Å². The van der Waals surface area contributed by atoms with Gasteiger partial charge in [0, 0.05) is 30.0 Å². The molecule has 1 aliphatic carbocycles. The van der Waals surface area contributed by atoms with Gasteiger partial charge in [-0.2, -0.15) is 0 Å². The minimum absolute atomic E-state index is 0.712. The van der Waals surface area contributed by atoms with E-state index in [0.717, 1.165) is 24.2 Å². The Morgan fingerprint density at radius 2 is 1.88 bits per heavy atom. The third-order valence-electron chi connectivity index (χ3n) is 3.26. The molecule has 1 nitrogen and oxygen atoms in total. The maximum absolute atomic E-state index is 5.88. The van der Waals surface area contributed by atoms with Crippen LogP contribution >= 0.6 is 23.2 Å². The highest BCUT2D eigenvalue weighted by molar-refractivity contribution is 6.30. The highest BCUT2D eigenvalue weighted by Crippen LogP contribution is 2.26. The van der Waals surface area contributed by atoms with Gasteiger partial charge in [0.1, 0.15) is 0 Å². The van der Waals surface area contributed by atoms with Crippen molar-refractivity contribution in [2.75, 3.05) is 12.4 Å². The summed E-state index contributed by atoms with van der Waals surface area (Å²) in [6.07, 6.45) is 4.01. The van der Waals surface area contributed by atoms with Crippen LogP contribution in [0.2, 0.25) is 5.02 Å². The van der Waals surface area contributed by atoms with Crippen LogP contribution < -0.4 is 0 Å². The maximum Gasteiger partial charge on any atom is 0.0406 e. The number of rotatable bonds is 5. The molecule has 0 spiro atoms. The molecule has 1 aromatic carbocycles. The van der Waals surface area contributed by atoms with Gasteiger partial charge in [-0.3, -0.25) is 4.90 Å². The van der Waals surface area contributed by atoms with Gasteiger partial charge in [0.15, 0.2) is 0 Å². The molecule has 0 heterocycles. The molecular weight excluding hydrogens is 241 g/mol. The van der Waals surface area contributed by atoms with Crippen molar-refractivity contribution in [1.82, 2.24) is 4.90 Å². The van der Waals surface area contributed by atoms with Crippen LogP contribution in [0.1, 0.15) is 24.8 Å². The summed E-state index contributed by atoms with van der Waals surface area (Å²) in [6.45, 7) is 1.98. The zero-order valence-corrected chi connectivity index (χ0v) is 10.8. The lowest BCUT2D eigenvalue weighted by molar-refractivity contribution is 0.127. The minimum atomic E-state index is 0.712. The number of nitrogens with zero attached hydrogens (tertiary/aromatic N) is 1. The fourth-order valence-corrected chi connectivity index (χ4v) is 2.42. The van der Waals surface area contributed by atoms with Crippen LogP contribution in [0.15, 0.2) is 24.3 Å². The van der Waals surface area contributed by atoms with E-state index in [9.17, 15) is 0 Å². The minimum Gasteiger partial charge on any atom is -0.295 e. The fourth-order valence-electron chi connectivity index (χ4n) is 2.08. The van der Waals surface area contributed by atoms with Gasteiger partial charge in [0.25, 0.3) is 0 Å². The summed E-state index contributed by atoms with van der Waals surface area (Å²) in [5.41, 5.74) is 1.32. The molecule has 0 saturated heterocycles. The SMILES string of the molecule is ClCCN(Cc1ccc(Cl)cc1)C1CCC1. The largest absolute Gasteiger partial charge is 0.295 e. The van der Waals surface area contributed by atoms with Crippen LogP contribution in [0, 0.1) is 0 Å². The van der Waals surface area contributed by atoms with Crippen molar-refractivity contribution in [3.63, 3.8) is 0 Å². The molecular formula is C13H17Cl2N. The number of benzene rings is 1. The molecule has 1 saturated carbocycles. The van der Waals surface area contributed by atoms with Crippen LogP contribution in [-0.4, -0.2) is 23.4 Å². The highest BCUT2D eigenvalue weighted by atomic mass is 35.5. The summed E-state index contributed by atoms with van der Waals surface area (Å²) < 4.78 is 0. The van der Waals surface area contributed by atoms with Crippen molar-refractivity contribution >= 4 is 23.2 Å². The number of alkyl halides is 1. The van der Waals surface area contributed by atoms with E-state index in [1.54, 1.807) is 0 Å². The number of hydrogen-bond donors (Lipinski definition) is 0. The summed E-state index contributed by atoms with van der Waals surface area (Å²) in [5.74, 6) is 0.712. The lowest BCUT2D eigenvalue weighted by Crippen LogP contribution is -2.40. The lowest BCUT2D eigenvalue weighted by atomic mass is 9.91. The molecule has 0 unspecified atom stereocenters. The fraction of sp³-hybridized carbons (Fsp3) is 0.538. The molecule has 1 fully saturated rings. The van der Waals surface area contributed by atoms with Crippen molar-refractivity contribution in [3.8, 4) is 0 Å². The second-order valence-corrected chi connectivity index (χ2v) is 5.19. The predicted molar refractivity (Wildman–Crippen MR) is 70.2 cm³/mol. The first-order chi connectivity index (χ1) is 7.79. The van der Waals surface area contributed by atoms with Crippen LogP contribution in [0.4, 0.5) is 0 Å². The molecule has 0 radical (unpaired) electrons. The quantitative estimate of drug-likeness (QED) is 0.723. The molecule has 1 aliphatic rings. The van der Waals surface area contributed by atoms with Crippen molar-refractivity contribution in [3.05, 3.63) is 34.9 Å². The Morgan fingerprint density at radius 3 is 2.38 bits per heavy atom. The predicted octanol–water partition coefficient (Wildman–Crippen LogP) is 3.93. The van der Waals surface area contributed by atoms with E-state index in [0.29, 0.717) is 5.88 Å². The summed E-state index contributed by atoms with van der Waals surface area (Å²) in [4.78, 5) is 2.49. The second kappa shape index (κ2) is 5.90. The normalized spacial score (nSPS) is 16.4. The third-order valence-corrected chi connectivity index (χ3v) is 3.68. The van der Waals surface area contributed by atoms with Gasteiger partial charge in [0.05, 0.1) is 0 Å². The molecule has 3 heteroatoms. The van der Waals surface area contributed by atoms with Crippen LogP contribution in [0.3, 0.4) is 0 Å². The second-order valence-electron chi connectivity index (χ2n) is 4.37. The average molecular weight is 258 g/mol. The molecule has 0 N–H and O–H groups in total. The Labute approximate surface area is 107 Å². The Hall–Kier alpha value is -0.240. The molecule has 0 bridgehead atoms. The van der Waals surface area contributed by atoms with Gasteiger partial charge >= 0.3 is 0 Å². The van der Waals surface area contributed by atoms with E-state index in [1.807, 2.05) is 12.1 Å². The zero-order valence-electron chi connectivity index (χ0n) is 9.33. The summed E-state index contributed by atoms with van der Waals surface area (Å²) in [7, 11) is 0. The van der Waals surface area contributed by atoms with Crippen molar-refractivity contribution in [2.24, 2.45) is 0 Å². The standard InChI is InChI=1S/C13H17Cl2N/c14-8-9-16(13-2-1-3-13)10-11-4-6-12(15)7-5-11/h4-7,13H,1-3,8-10H2. The highest BCUT2D eigenvalue weighted by Gasteiger charge is 2.24. The van der Waals surface area contributed by atoms with Crippen molar-refractivity contribution < 1.29 is 0 Å². The summed E-state index contributed by atoms with van der Waals surface area (Å²) in [6, 6.07) is 8.85. The first-order valence-corrected chi connectivity index (χ1v) is 6.75.